The van der Waals surface area contributed by atoms with Crippen molar-refractivity contribution in [2.45, 2.75) is 0 Å². The molecule has 0 aliphatic rings. The molecule has 0 N–H and O–H groups in total. The largest absolute Gasteiger partial charge is 0.497 e. The van der Waals surface area contributed by atoms with Gasteiger partial charge in [-0.3, -0.25) is 4.79 Å². The Kier molecular flexibility index (Phi) is 3.79. The topological polar surface area (TPSA) is 35.5 Å². The summed E-state index contributed by atoms with van der Waals surface area (Å²) >= 11 is 0. The molecule has 22 heavy (non-hydrogen) atoms. The van der Waals surface area contributed by atoms with Crippen molar-refractivity contribution < 1.29 is 14.3 Å². The zero-order chi connectivity index (χ0) is 15.5. The highest BCUT2D eigenvalue weighted by Crippen LogP contribution is 2.25. The van der Waals surface area contributed by atoms with E-state index in [0.717, 1.165) is 16.5 Å². The molecular weight excluding hydrogens is 276 g/mol. The number of carbonyl (C=O) groups excluding carboxylic acids is 1. The van der Waals surface area contributed by atoms with Crippen molar-refractivity contribution in [3.8, 4) is 11.5 Å². The fraction of sp³-hybridized carbons (Fsp3) is 0.105. The van der Waals surface area contributed by atoms with Crippen molar-refractivity contribution in [1.29, 1.82) is 0 Å². The molecule has 0 heterocycles. The smallest absolute Gasteiger partial charge is 0.196 e. The first-order chi connectivity index (χ1) is 10.7. The Bertz CT molecular complexity index is 837. The second kappa shape index (κ2) is 5.90. The third-order valence-corrected chi connectivity index (χ3v) is 3.66. The molecule has 0 atom stereocenters. The molecule has 3 heteroatoms. The van der Waals surface area contributed by atoms with E-state index in [-0.39, 0.29) is 5.78 Å². The van der Waals surface area contributed by atoms with Gasteiger partial charge in [-0.2, -0.15) is 0 Å². The molecule has 110 valence electrons. The Morgan fingerprint density at radius 1 is 0.818 bits per heavy atom. The van der Waals surface area contributed by atoms with Crippen LogP contribution >= 0.6 is 0 Å². The van der Waals surface area contributed by atoms with Gasteiger partial charge in [0.2, 0.25) is 0 Å². The summed E-state index contributed by atoms with van der Waals surface area (Å²) < 4.78 is 10.5. The third kappa shape index (κ3) is 2.53. The molecule has 3 rings (SSSR count). The van der Waals surface area contributed by atoms with E-state index >= 15 is 0 Å². The highest BCUT2D eigenvalue weighted by molar-refractivity contribution is 6.12. The molecule has 0 unspecified atom stereocenters. The highest BCUT2D eigenvalue weighted by atomic mass is 16.5. The maximum Gasteiger partial charge on any atom is 0.196 e. The molecule has 0 amide bonds. The van der Waals surface area contributed by atoms with Gasteiger partial charge in [0.15, 0.2) is 5.78 Å². The fourth-order valence-corrected chi connectivity index (χ4v) is 2.48. The van der Waals surface area contributed by atoms with Crippen LogP contribution in [0.2, 0.25) is 0 Å². The molecule has 0 spiro atoms. The number of methoxy groups -OCH3 is 2. The van der Waals surface area contributed by atoms with Crippen molar-refractivity contribution >= 4 is 16.6 Å². The number of hydrogen-bond acceptors (Lipinski definition) is 3. The van der Waals surface area contributed by atoms with Crippen LogP contribution in [0.5, 0.6) is 11.5 Å². The Balaban J connectivity index is 2.04. The predicted molar refractivity (Wildman–Crippen MR) is 86.9 cm³/mol. The van der Waals surface area contributed by atoms with Gasteiger partial charge in [0.1, 0.15) is 11.5 Å². The summed E-state index contributed by atoms with van der Waals surface area (Å²) in [6, 6.07) is 18.7. The molecule has 0 aromatic heterocycles. The molecule has 3 nitrogen and oxygen atoms in total. The van der Waals surface area contributed by atoms with Crippen LogP contribution in [0, 0.1) is 0 Å². The lowest BCUT2D eigenvalue weighted by atomic mass is 9.99. The fourth-order valence-electron chi connectivity index (χ4n) is 2.48. The number of carbonyl (C=O) groups is 1. The molecule has 0 radical (unpaired) electrons. The Morgan fingerprint density at radius 2 is 1.55 bits per heavy atom. The molecule has 0 fully saturated rings. The van der Waals surface area contributed by atoms with Crippen molar-refractivity contribution in [3.63, 3.8) is 0 Å². The summed E-state index contributed by atoms with van der Waals surface area (Å²) in [5.74, 6) is 1.34. The van der Waals surface area contributed by atoms with E-state index in [4.69, 9.17) is 9.47 Å². The van der Waals surface area contributed by atoms with Gasteiger partial charge in [0, 0.05) is 5.56 Å². The maximum absolute atomic E-state index is 12.7. The van der Waals surface area contributed by atoms with Crippen molar-refractivity contribution in [1.82, 2.24) is 0 Å². The van der Waals surface area contributed by atoms with Gasteiger partial charge in [-0.05, 0) is 41.1 Å². The summed E-state index contributed by atoms with van der Waals surface area (Å²) in [5, 5.41) is 2.04. The van der Waals surface area contributed by atoms with E-state index in [1.165, 1.54) is 0 Å². The first-order valence-corrected chi connectivity index (χ1v) is 6.98. The van der Waals surface area contributed by atoms with Crippen LogP contribution in [0.15, 0.2) is 60.7 Å². The number of para-hydroxylation sites is 1. The summed E-state index contributed by atoms with van der Waals surface area (Å²) in [7, 11) is 3.21. The molecule has 0 aliphatic heterocycles. The molecule has 3 aromatic carbocycles. The molecular formula is C19H16O3. The Hall–Kier alpha value is -2.81. The van der Waals surface area contributed by atoms with Gasteiger partial charge in [0.05, 0.1) is 19.8 Å². The number of ether oxygens (including phenoxy) is 2. The molecule has 0 saturated heterocycles. The lowest BCUT2D eigenvalue weighted by Gasteiger charge is -2.08. The standard InChI is InChI=1S/C19H16O3/c1-21-16-10-9-13-11-15(8-7-14(13)12-16)19(20)17-5-3-4-6-18(17)22-2/h3-12H,1-2H3. The SMILES string of the molecule is COc1ccc2cc(C(=O)c3ccccc3OC)ccc2c1. The number of benzene rings is 3. The van der Waals surface area contributed by atoms with Crippen LogP contribution in [-0.2, 0) is 0 Å². The second-order valence-electron chi connectivity index (χ2n) is 4.96. The number of fused-ring (bicyclic) bond motifs is 1. The highest BCUT2D eigenvalue weighted by Gasteiger charge is 2.14. The average Bonchev–Trinajstić information content (AvgIpc) is 2.60. The van der Waals surface area contributed by atoms with Gasteiger partial charge in [0.25, 0.3) is 0 Å². The number of ketones is 1. The van der Waals surface area contributed by atoms with Crippen LogP contribution in [-0.4, -0.2) is 20.0 Å². The first kappa shape index (κ1) is 14.1. The lowest BCUT2D eigenvalue weighted by Crippen LogP contribution is -2.03. The molecule has 0 bridgehead atoms. The third-order valence-electron chi connectivity index (χ3n) is 3.66. The van der Waals surface area contributed by atoms with Crippen LogP contribution in [0.4, 0.5) is 0 Å². The number of rotatable bonds is 4. The summed E-state index contributed by atoms with van der Waals surface area (Å²) in [6.45, 7) is 0. The molecule has 3 aromatic rings. The van der Waals surface area contributed by atoms with Gasteiger partial charge in [-0.15, -0.1) is 0 Å². The van der Waals surface area contributed by atoms with Crippen LogP contribution in [0.1, 0.15) is 15.9 Å². The van der Waals surface area contributed by atoms with Crippen LogP contribution in [0.25, 0.3) is 10.8 Å². The quantitative estimate of drug-likeness (QED) is 0.679. The number of hydrogen-bond donors (Lipinski definition) is 0. The average molecular weight is 292 g/mol. The van der Waals surface area contributed by atoms with E-state index in [1.807, 2.05) is 48.5 Å². The van der Waals surface area contributed by atoms with Crippen molar-refractivity contribution in [2.24, 2.45) is 0 Å². The molecule has 0 saturated carbocycles. The maximum atomic E-state index is 12.7. The van der Waals surface area contributed by atoms with Crippen molar-refractivity contribution in [2.75, 3.05) is 14.2 Å². The minimum atomic E-state index is -0.0461. The predicted octanol–water partition coefficient (Wildman–Crippen LogP) is 4.09. The van der Waals surface area contributed by atoms with Gasteiger partial charge in [-0.25, -0.2) is 0 Å². The summed E-state index contributed by atoms with van der Waals surface area (Å²) in [4.78, 5) is 12.7. The molecule has 0 aliphatic carbocycles. The minimum Gasteiger partial charge on any atom is -0.497 e. The van der Waals surface area contributed by atoms with Gasteiger partial charge < -0.3 is 9.47 Å². The monoisotopic (exact) mass is 292 g/mol. The van der Waals surface area contributed by atoms with E-state index in [1.54, 1.807) is 26.4 Å². The van der Waals surface area contributed by atoms with Crippen LogP contribution < -0.4 is 9.47 Å². The first-order valence-electron chi connectivity index (χ1n) is 6.98. The zero-order valence-electron chi connectivity index (χ0n) is 12.5. The van der Waals surface area contributed by atoms with E-state index in [2.05, 4.69) is 0 Å². The van der Waals surface area contributed by atoms with Gasteiger partial charge >= 0.3 is 0 Å². The Labute approximate surface area is 129 Å². The zero-order valence-corrected chi connectivity index (χ0v) is 12.5. The lowest BCUT2D eigenvalue weighted by molar-refractivity contribution is 0.103. The van der Waals surface area contributed by atoms with Crippen LogP contribution in [0.3, 0.4) is 0 Å². The minimum absolute atomic E-state index is 0.0461. The van der Waals surface area contributed by atoms with E-state index in [0.29, 0.717) is 16.9 Å². The second-order valence-corrected chi connectivity index (χ2v) is 4.96. The Morgan fingerprint density at radius 3 is 2.32 bits per heavy atom. The normalized spacial score (nSPS) is 10.5. The summed E-state index contributed by atoms with van der Waals surface area (Å²) in [5.41, 5.74) is 1.21. The summed E-state index contributed by atoms with van der Waals surface area (Å²) in [6.07, 6.45) is 0. The van der Waals surface area contributed by atoms with E-state index in [9.17, 15) is 4.79 Å². The van der Waals surface area contributed by atoms with Crippen molar-refractivity contribution in [3.05, 3.63) is 71.8 Å². The van der Waals surface area contributed by atoms with Gasteiger partial charge in [-0.1, -0.05) is 30.3 Å². The van der Waals surface area contributed by atoms with E-state index < -0.39 is 0 Å².